The second-order valence-corrected chi connectivity index (χ2v) is 8.05. The maximum absolute atomic E-state index is 6.50. The van der Waals surface area contributed by atoms with Gasteiger partial charge in [-0.1, -0.05) is 35.7 Å². The van der Waals surface area contributed by atoms with Gasteiger partial charge in [-0.05, 0) is 61.6 Å². The van der Waals surface area contributed by atoms with Crippen molar-refractivity contribution in [1.29, 1.82) is 0 Å². The first kappa shape index (κ1) is 13.4. The van der Waals surface area contributed by atoms with Crippen LogP contribution in [0.15, 0.2) is 18.2 Å². The molecule has 3 saturated carbocycles. The highest BCUT2D eigenvalue weighted by Gasteiger charge is 2.58. The minimum atomic E-state index is 0.179. The first-order chi connectivity index (χ1) is 9.63. The molecular formula is C17H21Cl2N. The Labute approximate surface area is 131 Å². The first-order valence-electron chi connectivity index (χ1n) is 7.81. The predicted octanol–water partition coefficient (Wildman–Crippen LogP) is 4.95. The van der Waals surface area contributed by atoms with E-state index < -0.39 is 0 Å². The average Bonchev–Trinajstić information content (AvgIpc) is 3.12. The van der Waals surface area contributed by atoms with Crippen molar-refractivity contribution in [3.05, 3.63) is 33.8 Å². The number of hydrogen-bond donors (Lipinski definition) is 1. The maximum atomic E-state index is 6.50. The molecule has 1 N–H and O–H groups in total. The van der Waals surface area contributed by atoms with Gasteiger partial charge in [0.15, 0.2) is 0 Å². The molecule has 1 nitrogen and oxygen atoms in total. The van der Waals surface area contributed by atoms with E-state index in [2.05, 4.69) is 5.32 Å². The van der Waals surface area contributed by atoms with Gasteiger partial charge < -0.3 is 5.32 Å². The standard InChI is InChI=1S/C17H21Cl2N/c18-13-3-1-4-14(19)15(13)17(11-20-12-5-6-12)9-16(10-17)7-2-8-16/h1,3-4,12,20H,2,5-11H2. The summed E-state index contributed by atoms with van der Waals surface area (Å²) in [5.41, 5.74) is 2.00. The first-order valence-corrected chi connectivity index (χ1v) is 8.56. The van der Waals surface area contributed by atoms with Gasteiger partial charge in [0.2, 0.25) is 0 Å². The van der Waals surface area contributed by atoms with Crippen LogP contribution >= 0.6 is 23.2 Å². The van der Waals surface area contributed by atoms with Crippen LogP contribution in [0.1, 0.15) is 50.5 Å². The highest BCUT2D eigenvalue weighted by molar-refractivity contribution is 6.36. The van der Waals surface area contributed by atoms with E-state index in [0.717, 1.165) is 22.6 Å². The Hall–Kier alpha value is -0.240. The molecule has 3 aliphatic rings. The third-order valence-electron chi connectivity index (χ3n) is 5.64. The van der Waals surface area contributed by atoms with Crippen molar-refractivity contribution >= 4 is 23.2 Å². The monoisotopic (exact) mass is 309 g/mol. The predicted molar refractivity (Wildman–Crippen MR) is 84.7 cm³/mol. The molecule has 0 radical (unpaired) electrons. The summed E-state index contributed by atoms with van der Waals surface area (Å²) >= 11 is 13.0. The number of nitrogens with one attached hydrogen (secondary N) is 1. The van der Waals surface area contributed by atoms with Crippen molar-refractivity contribution in [3.63, 3.8) is 0 Å². The lowest BCUT2D eigenvalue weighted by Crippen LogP contribution is -2.57. The van der Waals surface area contributed by atoms with E-state index in [4.69, 9.17) is 23.2 Å². The van der Waals surface area contributed by atoms with Crippen LogP contribution in [-0.2, 0) is 5.41 Å². The molecule has 0 saturated heterocycles. The summed E-state index contributed by atoms with van der Waals surface area (Å²) in [6, 6.07) is 6.68. The fourth-order valence-electron chi connectivity index (χ4n) is 4.44. The molecule has 3 aliphatic carbocycles. The van der Waals surface area contributed by atoms with E-state index in [0.29, 0.717) is 5.41 Å². The molecule has 4 rings (SSSR count). The van der Waals surface area contributed by atoms with E-state index in [1.54, 1.807) is 0 Å². The van der Waals surface area contributed by atoms with Crippen LogP contribution in [0, 0.1) is 5.41 Å². The van der Waals surface area contributed by atoms with E-state index in [9.17, 15) is 0 Å². The molecule has 0 atom stereocenters. The van der Waals surface area contributed by atoms with Crippen LogP contribution < -0.4 is 5.32 Å². The molecule has 0 aromatic heterocycles. The van der Waals surface area contributed by atoms with E-state index in [1.165, 1.54) is 50.5 Å². The lowest BCUT2D eigenvalue weighted by atomic mass is 9.43. The van der Waals surface area contributed by atoms with Gasteiger partial charge in [-0.25, -0.2) is 0 Å². The van der Waals surface area contributed by atoms with Crippen molar-refractivity contribution in [2.75, 3.05) is 6.54 Å². The van der Waals surface area contributed by atoms with Gasteiger partial charge in [0.25, 0.3) is 0 Å². The molecule has 20 heavy (non-hydrogen) atoms. The van der Waals surface area contributed by atoms with Crippen molar-refractivity contribution in [3.8, 4) is 0 Å². The van der Waals surface area contributed by atoms with E-state index in [-0.39, 0.29) is 5.41 Å². The molecule has 0 amide bonds. The Morgan fingerprint density at radius 3 is 2.25 bits per heavy atom. The Balaban J connectivity index is 1.63. The summed E-state index contributed by atoms with van der Waals surface area (Å²) in [6.45, 7) is 1.04. The summed E-state index contributed by atoms with van der Waals surface area (Å²) in [7, 11) is 0. The third kappa shape index (κ3) is 2.10. The van der Waals surface area contributed by atoms with E-state index >= 15 is 0 Å². The molecular weight excluding hydrogens is 289 g/mol. The van der Waals surface area contributed by atoms with Crippen molar-refractivity contribution in [2.24, 2.45) is 5.41 Å². The Morgan fingerprint density at radius 1 is 1.10 bits per heavy atom. The van der Waals surface area contributed by atoms with Crippen LogP contribution in [0.5, 0.6) is 0 Å². The molecule has 108 valence electrons. The van der Waals surface area contributed by atoms with Crippen LogP contribution in [0.25, 0.3) is 0 Å². The van der Waals surface area contributed by atoms with Crippen LogP contribution in [0.4, 0.5) is 0 Å². The number of benzene rings is 1. The smallest absolute Gasteiger partial charge is 0.0459 e. The summed E-state index contributed by atoms with van der Waals surface area (Å²) in [4.78, 5) is 0. The van der Waals surface area contributed by atoms with Crippen molar-refractivity contribution in [1.82, 2.24) is 5.32 Å². The Kier molecular flexibility index (Phi) is 3.11. The topological polar surface area (TPSA) is 12.0 Å². The maximum Gasteiger partial charge on any atom is 0.0459 e. The van der Waals surface area contributed by atoms with Gasteiger partial charge >= 0.3 is 0 Å². The SMILES string of the molecule is Clc1cccc(Cl)c1C1(CNC2CC2)CC2(CCC2)C1. The zero-order chi connectivity index (χ0) is 13.8. The van der Waals surface area contributed by atoms with Crippen LogP contribution in [0.3, 0.4) is 0 Å². The lowest BCUT2D eigenvalue weighted by molar-refractivity contribution is -0.0483. The molecule has 1 aromatic rings. The summed E-state index contributed by atoms with van der Waals surface area (Å²) < 4.78 is 0. The Morgan fingerprint density at radius 2 is 1.75 bits per heavy atom. The van der Waals surface area contributed by atoms with E-state index in [1.807, 2.05) is 18.2 Å². The fraction of sp³-hybridized carbons (Fsp3) is 0.647. The van der Waals surface area contributed by atoms with Crippen molar-refractivity contribution in [2.45, 2.75) is 56.4 Å². The van der Waals surface area contributed by atoms with Gasteiger partial charge in [0, 0.05) is 28.0 Å². The zero-order valence-electron chi connectivity index (χ0n) is 11.7. The molecule has 0 unspecified atom stereocenters. The minimum absolute atomic E-state index is 0.179. The molecule has 0 heterocycles. The molecule has 3 fully saturated rings. The van der Waals surface area contributed by atoms with Gasteiger partial charge in [-0.3, -0.25) is 0 Å². The van der Waals surface area contributed by atoms with Crippen LogP contribution in [-0.4, -0.2) is 12.6 Å². The third-order valence-corrected chi connectivity index (χ3v) is 6.27. The molecule has 3 heteroatoms. The summed E-state index contributed by atoms with van der Waals surface area (Å²) in [5.74, 6) is 0. The van der Waals surface area contributed by atoms with Gasteiger partial charge in [-0.15, -0.1) is 0 Å². The van der Waals surface area contributed by atoms with Gasteiger partial charge in [-0.2, -0.15) is 0 Å². The zero-order valence-corrected chi connectivity index (χ0v) is 13.2. The Bertz CT molecular complexity index is 504. The normalized spacial score (nSPS) is 26.1. The second kappa shape index (κ2) is 4.63. The van der Waals surface area contributed by atoms with Gasteiger partial charge in [0.05, 0.1) is 0 Å². The highest BCUT2D eigenvalue weighted by Crippen LogP contribution is 2.66. The highest BCUT2D eigenvalue weighted by atomic mass is 35.5. The number of rotatable bonds is 4. The summed E-state index contributed by atoms with van der Waals surface area (Å²) in [5, 5.41) is 5.42. The van der Waals surface area contributed by atoms with Crippen molar-refractivity contribution < 1.29 is 0 Å². The quantitative estimate of drug-likeness (QED) is 0.830. The fourth-order valence-corrected chi connectivity index (χ4v) is 5.23. The van der Waals surface area contributed by atoms with Gasteiger partial charge in [0.1, 0.15) is 0 Å². The molecule has 1 spiro atoms. The lowest BCUT2D eigenvalue weighted by Gasteiger charge is -2.62. The summed E-state index contributed by atoms with van der Waals surface area (Å²) in [6.07, 6.45) is 9.41. The molecule has 0 aliphatic heterocycles. The molecule has 1 aromatic carbocycles. The molecule has 0 bridgehead atoms. The second-order valence-electron chi connectivity index (χ2n) is 7.24. The largest absolute Gasteiger partial charge is 0.313 e. The minimum Gasteiger partial charge on any atom is -0.313 e. The van der Waals surface area contributed by atoms with Crippen LogP contribution in [0.2, 0.25) is 10.0 Å². The number of hydrogen-bond acceptors (Lipinski definition) is 1. The number of halogens is 2. The average molecular weight is 310 g/mol.